The van der Waals surface area contributed by atoms with Gasteiger partial charge in [-0.3, -0.25) is 4.79 Å². The maximum atomic E-state index is 12.1. The molecule has 1 heterocycles. The summed E-state index contributed by atoms with van der Waals surface area (Å²) in [5.74, 6) is 0.865. The highest BCUT2D eigenvalue weighted by molar-refractivity contribution is 5.94. The quantitative estimate of drug-likeness (QED) is 0.823. The zero-order valence-electron chi connectivity index (χ0n) is 13.7. The first-order chi connectivity index (χ1) is 11.2. The van der Waals surface area contributed by atoms with Gasteiger partial charge < -0.3 is 16.0 Å². The van der Waals surface area contributed by atoms with Gasteiger partial charge in [0.15, 0.2) is 0 Å². The van der Waals surface area contributed by atoms with E-state index in [-0.39, 0.29) is 5.91 Å². The fourth-order valence-corrected chi connectivity index (χ4v) is 2.33. The largest absolute Gasteiger partial charge is 0.357 e. The van der Waals surface area contributed by atoms with Gasteiger partial charge in [0.1, 0.15) is 5.82 Å². The van der Waals surface area contributed by atoms with Crippen molar-refractivity contribution in [1.82, 2.24) is 10.3 Å². The number of pyridine rings is 1. The standard InChI is InChI=1S/C18H24N4O/c1-3-22(4-2)17-10-7-15(12-20-17)13-21-18(23)16-8-5-14(11-19)6-9-16/h5-10,12H,3-4,11,13,19H2,1-2H3,(H,21,23). The summed E-state index contributed by atoms with van der Waals surface area (Å²) in [5.41, 5.74) is 8.18. The number of nitrogens with zero attached hydrogens (tertiary/aromatic N) is 2. The van der Waals surface area contributed by atoms with E-state index in [9.17, 15) is 4.79 Å². The number of carbonyl (C=O) groups excluding carboxylic acids is 1. The molecule has 3 N–H and O–H groups in total. The van der Waals surface area contributed by atoms with Crippen molar-refractivity contribution in [3.8, 4) is 0 Å². The van der Waals surface area contributed by atoms with Gasteiger partial charge in [-0.25, -0.2) is 4.98 Å². The molecule has 2 aromatic rings. The first-order valence-electron chi connectivity index (χ1n) is 7.95. The van der Waals surface area contributed by atoms with Crippen molar-refractivity contribution in [2.45, 2.75) is 26.9 Å². The monoisotopic (exact) mass is 312 g/mol. The molecule has 1 aromatic heterocycles. The molecule has 0 aliphatic heterocycles. The maximum absolute atomic E-state index is 12.1. The molecule has 1 amide bonds. The zero-order valence-corrected chi connectivity index (χ0v) is 13.7. The average molecular weight is 312 g/mol. The molecule has 2 rings (SSSR count). The maximum Gasteiger partial charge on any atom is 0.251 e. The Kier molecular flexibility index (Phi) is 6.11. The van der Waals surface area contributed by atoms with E-state index in [1.807, 2.05) is 30.5 Å². The highest BCUT2D eigenvalue weighted by Crippen LogP contribution is 2.11. The van der Waals surface area contributed by atoms with Crippen molar-refractivity contribution in [3.63, 3.8) is 0 Å². The predicted molar refractivity (Wildman–Crippen MR) is 93.3 cm³/mol. The van der Waals surface area contributed by atoms with Gasteiger partial charge in [0.25, 0.3) is 5.91 Å². The van der Waals surface area contributed by atoms with E-state index in [1.54, 1.807) is 12.1 Å². The van der Waals surface area contributed by atoms with Gasteiger partial charge >= 0.3 is 0 Å². The summed E-state index contributed by atoms with van der Waals surface area (Å²) >= 11 is 0. The Morgan fingerprint density at radius 3 is 2.26 bits per heavy atom. The molecule has 0 radical (unpaired) electrons. The molecular formula is C18H24N4O. The van der Waals surface area contributed by atoms with Crippen molar-refractivity contribution in [2.75, 3.05) is 18.0 Å². The zero-order chi connectivity index (χ0) is 16.7. The molecule has 0 spiro atoms. The molecule has 0 aliphatic carbocycles. The van der Waals surface area contributed by atoms with Crippen LogP contribution in [0, 0.1) is 0 Å². The van der Waals surface area contributed by atoms with E-state index in [0.29, 0.717) is 18.7 Å². The number of nitrogens with two attached hydrogens (primary N) is 1. The number of nitrogens with one attached hydrogen (secondary N) is 1. The summed E-state index contributed by atoms with van der Waals surface area (Å²) < 4.78 is 0. The summed E-state index contributed by atoms with van der Waals surface area (Å²) in [7, 11) is 0. The van der Waals surface area contributed by atoms with Crippen LogP contribution in [0.2, 0.25) is 0 Å². The Morgan fingerprint density at radius 2 is 1.74 bits per heavy atom. The van der Waals surface area contributed by atoms with Crippen LogP contribution in [0.25, 0.3) is 0 Å². The molecule has 1 aromatic carbocycles. The lowest BCUT2D eigenvalue weighted by molar-refractivity contribution is 0.0951. The number of hydrogen-bond acceptors (Lipinski definition) is 4. The summed E-state index contributed by atoms with van der Waals surface area (Å²) in [5, 5.41) is 2.91. The molecule has 23 heavy (non-hydrogen) atoms. The van der Waals surface area contributed by atoms with E-state index in [4.69, 9.17) is 5.73 Å². The lowest BCUT2D eigenvalue weighted by atomic mass is 10.1. The molecule has 122 valence electrons. The number of carbonyl (C=O) groups is 1. The average Bonchev–Trinajstić information content (AvgIpc) is 2.62. The normalized spacial score (nSPS) is 10.4. The van der Waals surface area contributed by atoms with Crippen LogP contribution in [0.4, 0.5) is 5.82 Å². The number of amides is 1. The molecule has 5 nitrogen and oxygen atoms in total. The van der Waals surface area contributed by atoms with Gasteiger partial charge in [-0.05, 0) is 43.2 Å². The van der Waals surface area contributed by atoms with Crippen LogP contribution in [0.3, 0.4) is 0 Å². The van der Waals surface area contributed by atoms with E-state index in [1.165, 1.54) is 0 Å². The van der Waals surface area contributed by atoms with Crippen molar-refractivity contribution in [1.29, 1.82) is 0 Å². The SMILES string of the molecule is CCN(CC)c1ccc(CNC(=O)c2ccc(CN)cc2)cn1. The van der Waals surface area contributed by atoms with Crippen molar-refractivity contribution in [2.24, 2.45) is 5.73 Å². The van der Waals surface area contributed by atoms with Crippen LogP contribution in [-0.2, 0) is 13.1 Å². The van der Waals surface area contributed by atoms with Gasteiger partial charge in [-0.15, -0.1) is 0 Å². The molecular weight excluding hydrogens is 288 g/mol. The van der Waals surface area contributed by atoms with Gasteiger partial charge in [-0.2, -0.15) is 0 Å². The van der Waals surface area contributed by atoms with Crippen LogP contribution in [0.5, 0.6) is 0 Å². The minimum absolute atomic E-state index is 0.0959. The number of rotatable bonds is 7. The van der Waals surface area contributed by atoms with E-state index >= 15 is 0 Å². The topological polar surface area (TPSA) is 71.2 Å². The molecule has 0 bridgehead atoms. The third kappa shape index (κ3) is 4.53. The Balaban J connectivity index is 1.93. The lowest BCUT2D eigenvalue weighted by Gasteiger charge is -2.19. The van der Waals surface area contributed by atoms with Crippen molar-refractivity contribution >= 4 is 11.7 Å². The highest BCUT2D eigenvalue weighted by atomic mass is 16.1. The Labute approximate surface area is 137 Å². The summed E-state index contributed by atoms with van der Waals surface area (Å²) in [6.07, 6.45) is 1.81. The molecule has 0 saturated carbocycles. The summed E-state index contributed by atoms with van der Waals surface area (Å²) in [6, 6.07) is 11.3. The Morgan fingerprint density at radius 1 is 1.09 bits per heavy atom. The number of aromatic nitrogens is 1. The molecule has 0 aliphatic rings. The molecule has 5 heteroatoms. The lowest BCUT2D eigenvalue weighted by Crippen LogP contribution is -2.24. The molecule has 0 unspecified atom stereocenters. The third-order valence-corrected chi connectivity index (χ3v) is 3.80. The predicted octanol–water partition coefficient (Wildman–Crippen LogP) is 2.32. The fraction of sp³-hybridized carbons (Fsp3) is 0.333. The first kappa shape index (κ1) is 17.0. The smallest absolute Gasteiger partial charge is 0.251 e. The molecule has 0 saturated heterocycles. The minimum atomic E-state index is -0.0959. The van der Waals surface area contributed by atoms with E-state index in [2.05, 4.69) is 29.0 Å². The van der Waals surface area contributed by atoms with Gasteiger partial charge in [0.2, 0.25) is 0 Å². The Hall–Kier alpha value is -2.40. The summed E-state index contributed by atoms with van der Waals surface area (Å²) in [6.45, 7) is 7.01. The van der Waals surface area contributed by atoms with Crippen molar-refractivity contribution < 1.29 is 4.79 Å². The van der Waals surface area contributed by atoms with E-state index < -0.39 is 0 Å². The van der Waals surface area contributed by atoms with Crippen LogP contribution in [0.15, 0.2) is 42.6 Å². The van der Waals surface area contributed by atoms with Crippen LogP contribution in [-0.4, -0.2) is 24.0 Å². The first-order valence-corrected chi connectivity index (χ1v) is 7.95. The second kappa shape index (κ2) is 8.29. The van der Waals surface area contributed by atoms with Gasteiger partial charge in [0, 0.05) is 37.9 Å². The van der Waals surface area contributed by atoms with Gasteiger partial charge in [0.05, 0.1) is 0 Å². The Bertz CT molecular complexity index is 618. The molecule has 0 atom stereocenters. The fourth-order valence-electron chi connectivity index (χ4n) is 2.33. The van der Waals surface area contributed by atoms with E-state index in [0.717, 1.165) is 30.0 Å². The van der Waals surface area contributed by atoms with Crippen LogP contribution < -0.4 is 16.0 Å². The second-order valence-corrected chi connectivity index (χ2v) is 5.28. The van der Waals surface area contributed by atoms with Crippen LogP contribution in [0.1, 0.15) is 35.3 Å². The van der Waals surface area contributed by atoms with Crippen molar-refractivity contribution in [3.05, 3.63) is 59.3 Å². The van der Waals surface area contributed by atoms with Gasteiger partial charge in [-0.1, -0.05) is 18.2 Å². The number of anilines is 1. The summed E-state index contributed by atoms with van der Waals surface area (Å²) in [4.78, 5) is 18.8. The third-order valence-electron chi connectivity index (χ3n) is 3.80. The number of benzene rings is 1. The molecule has 0 fully saturated rings. The highest BCUT2D eigenvalue weighted by Gasteiger charge is 2.06. The minimum Gasteiger partial charge on any atom is -0.357 e. The van der Waals surface area contributed by atoms with Crippen LogP contribution >= 0.6 is 0 Å². The second-order valence-electron chi connectivity index (χ2n) is 5.28. The number of hydrogen-bond donors (Lipinski definition) is 2.